The standard InChI is InChI=1S/C19H25N5O3/c1-26-17-5-3-2-4-15(17)12-21-18(25)16-13-22-19(23-14-16)20-6-7-24-8-10-27-11-9-24/h2-5,13-14H,6-12H2,1H3,(H,21,25)(H,20,22,23). The van der Waals surface area contributed by atoms with E-state index in [1.165, 1.54) is 12.4 Å². The van der Waals surface area contributed by atoms with E-state index in [1.807, 2.05) is 24.3 Å². The van der Waals surface area contributed by atoms with Crippen LogP contribution in [-0.2, 0) is 11.3 Å². The van der Waals surface area contributed by atoms with Crippen LogP contribution in [0.15, 0.2) is 36.7 Å². The second-order valence-electron chi connectivity index (χ2n) is 6.17. The number of ether oxygens (including phenoxy) is 2. The Morgan fingerprint density at radius 2 is 1.96 bits per heavy atom. The Balaban J connectivity index is 1.45. The van der Waals surface area contributed by atoms with Crippen molar-refractivity contribution in [1.82, 2.24) is 20.2 Å². The van der Waals surface area contributed by atoms with Gasteiger partial charge in [-0.25, -0.2) is 9.97 Å². The molecular formula is C19H25N5O3. The molecule has 1 saturated heterocycles. The van der Waals surface area contributed by atoms with Crippen molar-refractivity contribution in [1.29, 1.82) is 0 Å². The number of nitrogens with one attached hydrogen (secondary N) is 2. The van der Waals surface area contributed by atoms with Crippen molar-refractivity contribution < 1.29 is 14.3 Å². The van der Waals surface area contributed by atoms with Crippen molar-refractivity contribution in [3.05, 3.63) is 47.8 Å². The van der Waals surface area contributed by atoms with Gasteiger partial charge >= 0.3 is 0 Å². The number of morpholine rings is 1. The van der Waals surface area contributed by atoms with Crippen LogP contribution in [0.1, 0.15) is 15.9 Å². The fourth-order valence-electron chi connectivity index (χ4n) is 2.81. The summed E-state index contributed by atoms with van der Waals surface area (Å²) < 4.78 is 10.6. The Hall–Kier alpha value is -2.71. The number of anilines is 1. The predicted molar refractivity (Wildman–Crippen MR) is 102 cm³/mol. The lowest BCUT2D eigenvalue weighted by molar-refractivity contribution is 0.0398. The molecule has 2 heterocycles. The first-order chi connectivity index (χ1) is 13.3. The predicted octanol–water partition coefficient (Wildman–Crippen LogP) is 1.16. The lowest BCUT2D eigenvalue weighted by atomic mass is 10.2. The molecule has 144 valence electrons. The van der Waals surface area contributed by atoms with Gasteiger partial charge in [0.05, 0.1) is 25.9 Å². The van der Waals surface area contributed by atoms with E-state index in [4.69, 9.17) is 9.47 Å². The molecule has 0 saturated carbocycles. The molecule has 1 aliphatic rings. The number of carbonyl (C=O) groups excluding carboxylic acids is 1. The Labute approximate surface area is 158 Å². The molecule has 1 fully saturated rings. The molecule has 1 aromatic carbocycles. The van der Waals surface area contributed by atoms with Crippen LogP contribution in [0.5, 0.6) is 5.75 Å². The van der Waals surface area contributed by atoms with Crippen molar-refractivity contribution in [3.63, 3.8) is 0 Å². The number of nitrogens with zero attached hydrogens (tertiary/aromatic N) is 3. The van der Waals surface area contributed by atoms with Gasteiger partial charge in [-0.3, -0.25) is 9.69 Å². The van der Waals surface area contributed by atoms with Gasteiger partial charge in [0.2, 0.25) is 5.95 Å². The fraction of sp³-hybridized carbons (Fsp3) is 0.421. The largest absolute Gasteiger partial charge is 0.496 e. The highest BCUT2D eigenvalue weighted by molar-refractivity contribution is 5.93. The summed E-state index contributed by atoms with van der Waals surface area (Å²) in [7, 11) is 1.61. The normalized spacial score (nSPS) is 14.6. The van der Waals surface area contributed by atoms with Crippen LogP contribution in [0.4, 0.5) is 5.95 Å². The first-order valence-corrected chi connectivity index (χ1v) is 9.02. The number of hydrogen-bond donors (Lipinski definition) is 2. The van der Waals surface area contributed by atoms with E-state index in [1.54, 1.807) is 7.11 Å². The van der Waals surface area contributed by atoms with Gasteiger partial charge in [-0.05, 0) is 6.07 Å². The minimum absolute atomic E-state index is 0.222. The maximum Gasteiger partial charge on any atom is 0.254 e. The summed E-state index contributed by atoms with van der Waals surface area (Å²) in [6.45, 7) is 5.52. The lowest BCUT2D eigenvalue weighted by Gasteiger charge is -2.26. The summed E-state index contributed by atoms with van der Waals surface area (Å²) in [5.41, 5.74) is 1.33. The molecule has 1 aliphatic heterocycles. The van der Waals surface area contributed by atoms with Crippen molar-refractivity contribution in [3.8, 4) is 5.75 Å². The van der Waals surface area contributed by atoms with Crippen LogP contribution in [0.3, 0.4) is 0 Å². The van der Waals surface area contributed by atoms with E-state index in [9.17, 15) is 4.79 Å². The number of aromatic nitrogens is 2. The molecule has 0 aliphatic carbocycles. The Morgan fingerprint density at radius 3 is 2.70 bits per heavy atom. The zero-order valence-electron chi connectivity index (χ0n) is 15.5. The van der Waals surface area contributed by atoms with Gasteiger partial charge in [-0.1, -0.05) is 18.2 Å². The molecule has 2 N–H and O–H groups in total. The van der Waals surface area contributed by atoms with Crippen LogP contribution in [0.25, 0.3) is 0 Å². The molecule has 8 nitrogen and oxygen atoms in total. The summed E-state index contributed by atoms with van der Waals surface area (Å²) >= 11 is 0. The maximum atomic E-state index is 12.3. The molecule has 0 spiro atoms. The van der Waals surface area contributed by atoms with Gasteiger partial charge in [0.25, 0.3) is 5.91 Å². The second kappa shape index (κ2) is 9.84. The van der Waals surface area contributed by atoms with Crippen molar-refractivity contribution in [2.45, 2.75) is 6.54 Å². The van der Waals surface area contributed by atoms with Crippen LogP contribution >= 0.6 is 0 Å². The summed E-state index contributed by atoms with van der Waals surface area (Å²) in [5.74, 6) is 1.04. The van der Waals surface area contributed by atoms with Gasteiger partial charge in [-0.2, -0.15) is 0 Å². The number of amides is 1. The minimum atomic E-state index is -0.222. The molecule has 0 unspecified atom stereocenters. The number of rotatable bonds is 8. The average Bonchev–Trinajstić information content (AvgIpc) is 2.73. The highest BCUT2D eigenvalue weighted by Crippen LogP contribution is 2.16. The molecule has 0 bridgehead atoms. The van der Waals surface area contributed by atoms with Gasteiger partial charge in [0.1, 0.15) is 5.75 Å². The van der Waals surface area contributed by atoms with E-state index < -0.39 is 0 Å². The van der Waals surface area contributed by atoms with Crippen molar-refractivity contribution in [2.24, 2.45) is 0 Å². The van der Waals surface area contributed by atoms with Crippen LogP contribution < -0.4 is 15.4 Å². The summed E-state index contributed by atoms with van der Waals surface area (Å²) in [6, 6.07) is 7.58. The Kier molecular flexibility index (Phi) is 6.95. The molecule has 1 aromatic heterocycles. The van der Waals surface area contributed by atoms with E-state index in [2.05, 4.69) is 25.5 Å². The monoisotopic (exact) mass is 371 g/mol. The Morgan fingerprint density at radius 1 is 1.22 bits per heavy atom. The molecule has 0 atom stereocenters. The third-order valence-electron chi connectivity index (χ3n) is 4.36. The molecule has 8 heteroatoms. The smallest absolute Gasteiger partial charge is 0.254 e. The quantitative estimate of drug-likeness (QED) is 0.720. The molecule has 2 aromatic rings. The third-order valence-corrected chi connectivity index (χ3v) is 4.36. The third kappa shape index (κ3) is 5.63. The van der Waals surface area contributed by atoms with Gasteiger partial charge in [0.15, 0.2) is 0 Å². The van der Waals surface area contributed by atoms with Crippen molar-refractivity contribution in [2.75, 3.05) is 51.8 Å². The van der Waals surface area contributed by atoms with Crippen LogP contribution in [-0.4, -0.2) is 67.3 Å². The highest BCUT2D eigenvalue weighted by atomic mass is 16.5. The summed E-state index contributed by atoms with van der Waals surface area (Å²) in [4.78, 5) is 23.0. The van der Waals surface area contributed by atoms with Crippen molar-refractivity contribution >= 4 is 11.9 Å². The second-order valence-corrected chi connectivity index (χ2v) is 6.17. The minimum Gasteiger partial charge on any atom is -0.496 e. The molecule has 1 amide bonds. The van der Waals surface area contributed by atoms with Crippen LogP contribution in [0.2, 0.25) is 0 Å². The molecule has 27 heavy (non-hydrogen) atoms. The van der Waals surface area contributed by atoms with Gasteiger partial charge in [0, 0.05) is 50.7 Å². The van der Waals surface area contributed by atoms with E-state index in [-0.39, 0.29) is 5.91 Å². The Bertz CT molecular complexity index is 732. The number of hydrogen-bond acceptors (Lipinski definition) is 7. The highest BCUT2D eigenvalue weighted by Gasteiger charge is 2.11. The zero-order chi connectivity index (χ0) is 18.9. The first kappa shape index (κ1) is 19.1. The van der Waals surface area contributed by atoms with E-state index in [0.29, 0.717) is 18.1 Å². The van der Waals surface area contributed by atoms with E-state index in [0.717, 1.165) is 50.7 Å². The topological polar surface area (TPSA) is 88.6 Å². The molecule has 3 rings (SSSR count). The maximum absolute atomic E-state index is 12.3. The van der Waals surface area contributed by atoms with Crippen LogP contribution in [0, 0.1) is 0 Å². The number of carbonyl (C=O) groups is 1. The lowest BCUT2D eigenvalue weighted by Crippen LogP contribution is -2.39. The number of para-hydroxylation sites is 1. The average molecular weight is 371 g/mol. The molecule has 0 radical (unpaired) electrons. The van der Waals surface area contributed by atoms with Gasteiger partial charge < -0.3 is 20.1 Å². The van der Waals surface area contributed by atoms with E-state index >= 15 is 0 Å². The zero-order valence-corrected chi connectivity index (χ0v) is 15.5. The SMILES string of the molecule is COc1ccccc1CNC(=O)c1cnc(NCCN2CCOCC2)nc1. The number of methoxy groups -OCH3 is 1. The fourth-order valence-corrected chi connectivity index (χ4v) is 2.81. The first-order valence-electron chi connectivity index (χ1n) is 9.02. The molecular weight excluding hydrogens is 346 g/mol. The summed E-state index contributed by atoms with van der Waals surface area (Å²) in [6.07, 6.45) is 3.06. The summed E-state index contributed by atoms with van der Waals surface area (Å²) in [5, 5.41) is 6.04. The van der Waals surface area contributed by atoms with Gasteiger partial charge in [-0.15, -0.1) is 0 Å². The number of benzene rings is 1.